The van der Waals surface area contributed by atoms with Gasteiger partial charge in [-0.05, 0) is 50.8 Å². The Bertz CT molecular complexity index is 794. The second-order valence-electron chi connectivity index (χ2n) is 5.63. The molecule has 1 aromatic rings. The van der Waals surface area contributed by atoms with E-state index in [2.05, 4.69) is 9.46 Å². The van der Waals surface area contributed by atoms with Gasteiger partial charge < -0.3 is 4.74 Å². The highest BCUT2D eigenvalue weighted by atomic mass is 32.2. The third kappa shape index (κ3) is 4.66. The molecule has 0 aliphatic rings. The molecular weight excluding hydrogens is 328 g/mol. The molecule has 0 bridgehead atoms. The molecule has 0 heterocycles. The molecule has 0 spiro atoms. The summed E-state index contributed by atoms with van der Waals surface area (Å²) in [5.74, 6) is -0.719. The number of benzene rings is 1. The zero-order valence-electron chi connectivity index (χ0n) is 14.6. The largest absolute Gasteiger partial charge is 0.465 e. The van der Waals surface area contributed by atoms with Crippen molar-refractivity contribution in [1.82, 2.24) is 4.72 Å². The van der Waals surface area contributed by atoms with E-state index in [-0.39, 0.29) is 23.4 Å². The van der Waals surface area contributed by atoms with Gasteiger partial charge in [0.1, 0.15) is 11.6 Å². The monoisotopic (exact) mass is 350 g/mol. The van der Waals surface area contributed by atoms with E-state index >= 15 is 0 Å². The molecule has 0 fully saturated rings. The van der Waals surface area contributed by atoms with Crippen LogP contribution in [-0.2, 0) is 19.6 Å². The number of rotatable bonds is 6. The fraction of sp³-hybridized carbons (Fsp3) is 0.412. The summed E-state index contributed by atoms with van der Waals surface area (Å²) in [4.78, 5) is 11.7. The lowest BCUT2D eigenvalue weighted by atomic mass is 10.1. The topological polar surface area (TPSA) is 96.3 Å². The van der Waals surface area contributed by atoms with Crippen LogP contribution in [0.3, 0.4) is 0 Å². The fourth-order valence-electron chi connectivity index (χ4n) is 2.58. The van der Waals surface area contributed by atoms with Crippen molar-refractivity contribution in [3.8, 4) is 6.07 Å². The maximum absolute atomic E-state index is 12.5. The predicted octanol–water partition coefficient (Wildman–Crippen LogP) is 2.29. The van der Waals surface area contributed by atoms with Gasteiger partial charge in [-0.3, -0.25) is 0 Å². The van der Waals surface area contributed by atoms with Crippen LogP contribution in [0.1, 0.15) is 30.0 Å². The van der Waals surface area contributed by atoms with E-state index in [9.17, 15) is 13.2 Å². The van der Waals surface area contributed by atoms with E-state index in [4.69, 9.17) is 5.26 Å². The lowest BCUT2D eigenvalue weighted by Gasteiger charge is -2.13. The highest BCUT2D eigenvalue weighted by molar-refractivity contribution is 7.89. The summed E-state index contributed by atoms with van der Waals surface area (Å²) >= 11 is 0. The van der Waals surface area contributed by atoms with Gasteiger partial charge in [0, 0.05) is 6.54 Å². The van der Waals surface area contributed by atoms with Gasteiger partial charge in [0.05, 0.1) is 12.0 Å². The number of aryl methyl sites for hydroxylation is 3. The van der Waals surface area contributed by atoms with Crippen LogP contribution in [0.25, 0.3) is 0 Å². The number of nitrogens with zero attached hydrogens (tertiary/aromatic N) is 1. The standard InChI is InChI=1S/C17H22N2O4S/c1-11-8-13(3)16(14(4)9-11)24(21,22)19-7-6-12(2)15(10-18)17(20)23-5/h8-9,19H,6-7H2,1-5H3/b15-12+. The van der Waals surface area contributed by atoms with Gasteiger partial charge in [-0.1, -0.05) is 17.7 Å². The summed E-state index contributed by atoms with van der Waals surface area (Å²) in [5.41, 5.74) is 2.74. The molecule has 130 valence electrons. The molecule has 24 heavy (non-hydrogen) atoms. The Hall–Kier alpha value is -2.17. The van der Waals surface area contributed by atoms with Gasteiger partial charge >= 0.3 is 5.97 Å². The van der Waals surface area contributed by atoms with E-state index < -0.39 is 16.0 Å². The van der Waals surface area contributed by atoms with Crippen molar-refractivity contribution in [1.29, 1.82) is 5.26 Å². The van der Waals surface area contributed by atoms with Crippen molar-refractivity contribution in [3.05, 3.63) is 40.0 Å². The molecule has 0 saturated carbocycles. The number of ether oxygens (including phenoxy) is 1. The molecular formula is C17H22N2O4S. The first-order valence-corrected chi connectivity index (χ1v) is 8.88. The number of carbonyl (C=O) groups excluding carboxylic acids is 1. The summed E-state index contributed by atoms with van der Waals surface area (Å²) in [5, 5.41) is 8.99. The molecule has 0 aromatic heterocycles. The molecule has 0 unspecified atom stereocenters. The molecule has 0 aliphatic carbocycles. The van der Waals surface area contributed by atoms with Crippen LogP contribution in [0.2, 0.25) is 0 Å². The van der Waals surface area contributed by atoms with E-state index in [0.717, 1.165) is 5.56 Å². The maximum Gasteiger partial charge on any atom is 0.348 e. The molecule has 0 saturated heterocycles. The lowest BCUT2D eigenvalue weighted by Crippen LogP contribution is -2.26. The SMILES string of the molecule is COC(=O)/C(C#N)=C(\C)CCNS(=O)(=O)c1c(C)cc(C)cc1C. The number of esters is 1. The minimum Gasteiger partial charge on any atom is -0.465 e. The maximum atomic E-state index is 12.5. The average Bonchev–Trinajstić information content (AvgIpc) is 2.45. The number of nitriles is 1. The Morgan fingerprint density at radius 2 is 1.79 bits per heavy atom. The van der Waals surface area contributed by atoms with Gasteiger partial charge in [0.2, 0.25) is 10.0 Å². The lowest BCUT2D eigenvalue weighted by molar-refractivity contribution is -0.135. The number of hydrogen-bond donors (Lipinski definition) is 1. The third-order valence-corrected chi connectivity index (χ3v) is 5.36. The van der Waals surface area contributed by atoms with E-state index in [1.165, 1.54) is 7.11 Å². The number of nitrogens with one attached hydrogen (secondary N) is 1. The average molecular weight is 350 g/mol. The van der Waals surface area contributed by atoms with Crippen LogP contribution in [0.15, 0.2) is 28.2 Å². The summed E-state index contributed by atoms with van der Waals surface area (Å²) in [6.07, 6.45) is 0.237. The Balaban J connectivity index is 2.94. The van der Waals surface area contributed by atoms with Crippen LogP contribution < -0.4 is 4.72 Å². The summed E-state index contributed by atoms with van der Waals surface area (Å²) in [6.45, 7) is 7.11. The molecule has 6 nitrogen and oxygen atoms in total. The van der Waals surface area contributed by atoms with Crippen molar-refractivity contribution in [2.75, 3.05) is 13.7 Å². The predicted molar refractivity (Wildman–Crippen MR) is 90.8 cm³/mol. The quantitative estimate of drug-likeness (QED) is 0.482. The van der Waals surface area contributed by atoms with Crippen molar-refractivity contribution < 1.29 is 17.9 Å². The van der Waals surface area contributed by atoms with Gasteiger partial charge in [-0.25, -0.2) is 17.9 Å². The normalized spacial score (nSPS) is 12.3. The summed E-state index contributed by atoms with van der Waals surface area (Å²) in [7, 11) is -2.47. The second kappa shape index (κ2) is 8.08. The van der Waals surface area contributed by atoms with Crippen molar-refractivity contribution >= 4 is 16.0 Å². The molecule has 0 amide bonds. The van der Waals surface area contributed by atoms with Crippen LogP contribution in [0.4, 0.5) is 0 Å². The van der Waals surface area contributed by atoms with E-state index in [0.29, 0.717) is 16.7 Å². The molecule has 1 rings (SSSR count). The molecule has 1 N–H and O–H groups in total. The Morgan fingerprint density at radius 3 is 2.25 bits per heavy atom. The van der Waals surface area contributed by atoms with Gasteiger partial charge in [-0.15, -0.1) is 0 Å². The van der Waals surface area contributed by atoms with Gasteiger partial charge in [-0.2, -0.15) is 5.26 Å². The zero-order chi connectivity index (χ0) is 18.5. The Morgan fingerprint density at radius 1 is 1.25 bits per heavy atom. The van der Waals surface area contributed by atoms with Gasteiger partial charge in [0.15, 0.2) is 0 Å². The Kier molecular flexibility index (Phi) is 6.70. The van der Waals surface area contributed by atoms with Gasteiger partial charge in [0.25, 0.3) is 0 Å². The number of sulfonamides is 1. The summed E-state index contributed by atoms with van der Waals surface area (Å²) < 4.78 is 32.1. The summed E-state index contributed by atoms with van der Waals surface area (Å²) in [6, 6.07) is 5.42. The minimum atomic E-state index is -3.66. The number of carbonyl (C=O) groups is 1. The minimum absolute atomic E-state index is 0.0864. The highest BCUT2D eigenvalue weighted by Crippen LogP contribution is 2.21. The highest BCUT2D eigenvalue weighted by Gasteiger charge is 2.20. The second-order valence-corrected chi connectivity index (χ2v) is 7.34. The van der Waals surface area contributed by atoms with E-state index in [1.54, 1.807) is 26.8 Å². The van der Waals surface area contributed by atoms with Crippen molar-refractivity contribution in [2.24, 2.45) is 0 Å². The first kappa shape index (κ1) is 19.9. The van der Waals surface area contributed by atoms with Crippen LogP contribution >= 0.6 is 0 Å². The van der Waals surface area contributed by atoms with Crippen LogP contribution in [-0.4, -0.2) is 28.0 Å². The van der Waals surface area contributed by atoms with Crippen LogP contribution in [0.5, 0.6) is 0 Å². The number of hydrogen-bond acceptors (Lipinski definition) is 5. The van der Waals surface area contributed by atoms with E-state index in [1.807, 2.05) is 19.1 Å². The zero-order valence-corrected chi connectivity index (χ0v) is 15.4. The molecule has 7 heteroatoms. The fourth-order valence-corrected chi connectivity index (χ4v) is 4.06. The molecule has 0 radical (unpaired) electrons. The molecule has 1 aromatic carbocycles. The Labute approximate surface area is 143 Å². The number of methoxy groups -OCH3 is 1. The smallest absolute Gasteiger partial charge is 0.348 e. The van der Waals surface area contributed by atoms with Crippen molar-refractivity contribution in [3.63, 3.8) is 0 Å². The van der Waals surface area contributed by atoms with Crippen LogP contribution in [0, 0.1) is 32.1 Å². The molecule has 0 aliphatic heterocycles. The third-order valence-electron chi connectivity index (χ3n) is 3.59. The first-order valence-electron chi connectivity index (χ1n) is 7.39. The molecule has 0 atom stereocenters. The van der Waals surface area contributed by atoms with Crippen molar-refractivity contribution in [2.45, 2.75) is 39.0 Å². The first-order chi connectivity index (χ1) is 11.1.